The summed E-state index contributed by atoms with van der Waals surface area (Å²) in [5.41, 5.74) is 4.26. The fourth-order valence-electron chi connectivity index (χ4n) is 2.87. The number of ether oxygens (including phenoxy) is 1. The van der Waals surface area contributed by atoms with Crippen LogP contribution in [0.3, 0.4) is 0 Å². The number of para-hydroxylation sites is 1. The van der Waals surface area contributed by atoms with E-state index in [2.05, 4.69) is 18.3 Å². The minimum absolute atomic E-state index is 0.0989. The number of rotatable bonds is 6. The van der Waals surface area contributed by atoms with Gasteiger partial charge in [-0.25, -0.2) is 0 Å². The van der Waals surface area contributed by atoms with E-state index in [0.29, 0.717) is 33.7 Å². The summed E-state index contributed by atoms with van der Waals surface area (Å²) in [7, 11) is 0. The highest BCUT2D eigenvalue weighted by Gasteiger charge is 2.13. The second-order valence-electron chi connectivity index (χ2n) is 6.99. The van der Waals surface area contributed by atoms with Gasteiger partial charge < -0.3 is 10.1 Å². The van der Waals surface area contributed by atoms with Crippen LogP contribution in [0.15, 0.2) is 66.2 Å². The summed E-state index contributed by atoms with van der Waals surface area (Å²) in [6.45, 7) is 4.45. The van der Waals surface area contributed by atoms with Gasteiger partial charge in [0.2, 0.25) is 0 Å². The molecule has 4 nitrogen and oxygen atoms in total. The molecule has 0 aromatic heterocycles. The van der Waals surface area contributed by atoms with Crippen molar-refractivity contribution in [2.45, 2.75) is 20.5 Å². The Morgan fingerprint density at radius 1 is 1.06 bits per heavy atom. The number of hydrogen-bond donors (Lipinski definition) is 1. The van der Waals surface area contributed by atoms with E-state index in [9.17, 15) is 10.1 Å². The fraction of sp³-hybridized carbons (Fsp3) is 0.120. The summed E-state index contributed by atoms with van der Waals surface area (Å²) in [6.07, 6.45) is 1.45. The van der Waals surface area contributed by atoms with Crippen molar-refractivity contribution < 1.29 is 9.53 Å². The lowest BCUT2D eigenvalue weighted by atomic mass is 10.1. The van der Waals surface area contributed by atoms with Crippen LogP contribution in [0, 0.1) is 25.2 Å². The van der Waals surface area contributed by atoms with Gasteiger partial charge in [0.15, 0.2) is 0 Å². The van der Waals surface area contributed by atoms with Crippen molar-refractivity contribution >= 4 is 40.9 Å². The molecule has 3 aromatic rings. The lowest BCUT2D eigenvalue weighted by Crippen LogP contribution is -2.13. The number of nitriles is 1. The lowest BCUT2D eigenvalue weighted by molar-refractivity contribution is -0.112. The Kier molecular flexibility index (Phi) is 7.36. The smallest absolute Gasteiger partial charge is 0.266 e. The van der Waals surface area contributed by atoms with Gasteiger partial charge in [0, 0.05) is 10.6 Å². The molecule has 0 aliphatic rings. The maximum atomic E-state index is 12.6. The quantitative estimate of drug-likeness (QED) is 0.334. The van der Waals surface area contributed by atoms with Gasteiger partial charge in [-0.2, -0.15) is 5.26 Å². The molecule has 0 saturated heterocycles. The molecule has 6 heteroatoms. The molecule has 0 heterocycles. The third kappa shape index (κ3) is 5.88. The summed E-state index contributed by atoms with van der Waals surface area (Å²) in [6, 6.07) is 19.9. The molecule has 1 amide bonds. The van der Waals surface area contributed by atoms with Gasteiger partial charge in [-0.1, -0.05) is 53.5 Å². The summed E-state index contributed by atoms with van der Waals surface area (Å²) in [4.78, 5) is 12.6. The third-order valence-electron chi connectivity index (χ3n) is 4.72. The van der Waals surface area contributed by atoms with Crippen LogP contribution in [0.25, 0.3) is 6.08 Å². The number of nitrogens with one attached hydrogen (secondary N) is 1. The number of aryl methyl sites for hydroxylation is 2. The fourth-order valence-corrected chi connectivity index (χ4v) is 3.24. The van der Waals surface area contributed by atoms with E-state index < -0.39 is 5.91 Å². The van der Waals surface area contributed by atoms with Gasteiger partial charge >= 0.3 is 0 Å². The number of halogens is 2. The number of anilines is 1. The first-order valence-electron chi connectivity index (χ1n) is 9.53. The standard InChI is InChI=1S/C25H20Cl2N2O2/c1-16-7-8-18(11-17(16)2)15-31-24-10-9-21(26)13-19(24)12-20(14-28)25(30)29-23-6-4-3-5-22(23)27/h3-13H,15H2,1-2H3,(H,29,30)/b20-12+. The number of benzene rings is 3. The average Bonchev–Trinajstić information content (AvgIpc) is 2.75. The molecule has 0 saturated carbocycles. The van der Waals surface area contributed by atoms with Crippen LogP contribution in [0.2, 0.25) is 10.0 Å². The third-order valence-corrected chi connectivity index (χ3v) is 5.29. The largest absolute Gasteiger partial charge is 0.488 e. The number of hydrogen-bond acceptors (Lipinski definition) is 3. The molecule has 0 atom stereocenters. The van der Waals surface area contributed by atoms with Crippen LogP contribution in [0.4, 0.5) is 5.69 Å². The van der Waals surface area contributed by atoms with Crippen LogP contribution in [0.1, 0.15) is 22.3 Å². The Bertz CT molecular complexity index is 1200. The predicted octanol–water partition coefficient (Wildman–Crippen LogP) is 6.73. The zero-order valence-electron chi connectivity index (χ0n) is 17.1. The number of carbonyl (C=O) groups excluding carboxylic acids is 1. The number of nitrogens with zero attached hydrogens (tertiary/aromatic N) is 1. The first-order valence-corrected chi connectivity index (χ1v) is 10.3. The predicted molar refractivity (Wildman–Crippen MR) is 125 cm³/mol. The van der Waals surface area contributed by atoms with Crippen LogP contribution >= 0.6 is 23.2 Å². The van der Waals surface area contributed by atoms with Crippen molar-refractivity contribution in [3.8, 4) is 11.8 Å². The molecule has 31 heavy (non-hydrogen) atoms. The molecular formula is C25H20Cl2N2O2. The first-order chi connectivity index (χ1) is 14.9. The van der Waals surface area contributed by atoms with Crippen molar-refractivity contribution in [2.24, 2.45) is 0 Å². The molecule has 0 bridgehead atoms. The zero-order valence-corrected chi connectivity index (χ0v) is 18.6. The second kappa shape index (κ2) is 10.2. The first kappa shape index (κ1) is 22.4. The maximum absolute atomic E-state index is 12.6. The monoisotopic (exact) mass is 450 g/mol. The molecule has 1 N–H and O–H groups in total. The topological polar surface area (TPSA) is 62.1 Å². The molecule has 0 aliphatic heterocycles. The van der Waals surface area contributed by atoms with Gasteiger partial charge in [-0.3, -0.25) is 4.79 Å². The highest BCUT2D eigenvalue weighted by atomic mass is 35.5. The molecule has 0 spiro atoms. The van der Waals surface area contributed by atoms with E-state index in [-0.39, 0.29) is 5.57 Å². The Labute approximate surface area is 191 Å². The normalized spacial score (nSPS) is 11.0. The molecule has 156 valence electrons. The van der Waals surface area contributed by atoms with Gasteiger partial charge in [0.1, 0.15) is 24.0 Å². The Morgan fingerprint density at radius 3 is 2.55 bits per heavy atom. The van der Waals surface area contributed by atoms with Crippen LogP contribution < -0.4 is 10.1 Å². The minimum Gasteiger partial charge on any atom is -0.488 e. The zero-order chi connectivity index (χ0) is 22.4. The van der Waals surface area contributed by atoms with E-state index in [1.54, 1.807) is 42.5 Å². The van der Waals surface area contributed by atoms with Gasteiger partial charge in [-0.05, 0) is 66.9 Å². The van der Waals surface area contributed by atoms with Gasteiger partial charge in [0.05, 0.1) is 10.7 Å². The maximum Gasteiger partial charge on any atom is 0.266 e. The van der Waals surface area contributed by atoms with E-state index in [1.165, 1.54) is 17.2 Å². The average molecular weight is 451 g/mol. The Hall–Kier alpha value is -3.26. The van der Waals surface area contributed by atoms with Gasteiger partial charge in [-0.15, -0.1) is 0 Å². The van der Waals surface area contributed by atoms with Crippen molar-refractivity contribution in [3.63, 3.8) is 0 Å². The van der Waals surface area contributed by atoms with Crippen molar-refractivity contribution in [1.29, 1.82) is 5.26 Å². The van der Waals surface area contributed by atoms with E-state index in [4.69, 9.17) is 27.9 Å². The molecule has 3 rings (SSSR count). The van der Waals surface area contributed by atoms with E-state index in [0.717, 1.165) is 5.56 Å². The summed E-state index contributed by atoms with van der Waals surface area (Å²) in [5.74, 6) is -0.0587. The van der Waals surface area contributed by atoms with Gasteiger partial charge in [0.25, 0.3) is 5.91 Å². The molecular weight excluding hydrogens is 431 g/mol. The second-order valence-corrected chi connectivity index (χ2v) is 7.84. The van der Waals surface area contributed by atoms with Crippen molar-refractivity contribution in [3.05, 3.63) is 98.5 Å². The van der Waals surface area contributed by atoms with Crippen LogP contribution in [-0.2, 0) is 11.4 Å². The SMILES string of the molecule is Cc1ccc(COc2ccc(Cl)cc2/C=C(\C#N)C(=O)Nc2ccccc2Cl)cc1C. The molecule has 3 aromatic carbocycles. The van der Waals surface area contributed by atoms with Crippen molar-refractivity contribution in [1.82, 2.24) is 0 Å². The highest BCUT2D eigenvalue weighted by molar-refractivity contribution is 6.34. The highest BCUT2D eigenvalue weighted by Crippen LogP contribution is 2.27. The van der Waals surface area contributed by atoms with E-state index >= 15 is 0 Å². The minimum atomic E-state index is -0.573. The lowest BCUT2D eigenvalue weighted by Gasteiger charge is -2.12. The number of carbonyl (C=O) groups is 1. The summed E-state index contributed by atoms with van der Waals surface area (Å²) in [5, 5.41) is 13.0. The van der Waals surface area contributed by atoms with Crippen molar-refractivity contribution in [2.75, 3.05) is 5.32 Å². The summed E-state index contributed by atoms with van der Waals surface area (Å²) < 4.78 is 5.97. The van der Waals surface area contributed by atoms with Crippen LogP contribution in [-0.4, -0.2) is 5.91 Å². The Balaban J connectivity index is 1.84. The Morgan fingerprint density at radius 2 is 1.84 bits per heavy atom. The molecule has 0 aliphatic carbocycles. The van der Waals surface area contributed by atoms with Crippen LogP contribution in [0.5, 0.6) is 5.75 Å². The molecule has 0 unspecified atom stereocenters. The van der Waals surface area contributed by atoms with E-state index in [1.807, 2.05) is 25.1 Å². The molecule has 0 fully saturated rings. The summed E-state index contributed by atoms with van der Waals surface area (Å²) >= 11 is 12.2. The molecule has 0 radical (unpaired) electrons. The number of amides is 1.